The minimum atomic E-state index is -0.0613. The first-order valence-corrected chi connectivity index (χ1v) is 9.33. The van der Waals surface area contributed by atoms with Crippen LogP contribution in [0, 0.1) is 0 Å². The monoisotopic (exact) mass is 371 g/mol. The second-order valence-electron chi connectivity index (χ2n) is 7.09. The molecule has 8 nitrogen and oxygen atoms in total. The Morgan fingerprint density at radius 1 is 1.30 bits per heavy atom. The third-order valence-electron chi connectivity index (χ3n) is 5.28. The fourth-order valence-corrected chi connectivity index (χ4v) is 3.84. The fourth-order valence-electron chi connectivity index (χ4n) is 3.84. The number of methoxy groups -OCH3 is 1. The molecule has 1 amide bonds. The smallest absolute Gasteiger partial charge is 0.274 e. The van der Waals surface area contributed by atoms with E-state index < -0.39 is 0 Å². The van der Waals surface area contributed by atoms with Crippen molar-refractivity contribution in [3.05, 3.63) is 35.3 Å². The summed E-state index contributed by atoms with van der Waals surface area (Å²) in [6.07, 6.45) is 2.48. The van der Waals surface area contributed by atoms with Crippen molar-refractivity contribution in [2.24, 2.45) is 0 Å². The number of carbonyl (C=O) groups is 1. The highest BCUT2D eigenvalue weighted by molar-refractivity contribution is 5.94. The summed E-state index contributed by atoms with van der Waals surface area (Å²) in [4.78, 5) is 21.5. The minimum Gasteiger partial charge on any atom is -0.497 e. The number of anilines is 1. The molecule has 0 bridgehead atoms. The molecule has 0 spiro atoms. The molecule has 0 saturated carbocycles. The highest BCUT2D eigenvalue weighted by Gasteiger charge is 2.32. The average molecular weight is 371 g/mol. The number of rotatable bonds is 3. The van der Waals surface area contributed by atoms with Crippen molar-refractivity contribution in [3.8, 4) is 5.75 Å². The maximum atomic E-state index is 13.0. The Kier molecular flexibility index (Phi) is 4.73. The first kappa shape index (κ1) is 17.8. The Bertz CT molecular complexity index is 829. The van der Waals surface area contributed by atoms with Gasteiger partial charge in [-0.3, -0.25) is 9.89 Å². The van der Waals surface area contributed by atoms with Gasteiger partial charge in [0.2, 0.25) is 0 Å². The van der Waals surface area contributed by atoms with Crippen molar-refractivity contribution < 1.29 is 14.3 Å². The maximum Gasteiger partial charge on any atom is 0.274 e. The second kappa shape index (κ2) is 7.19. The Hall–Kier alpha value is -2.61. The molecule has 1 saturated heterocycles. The summed E-state index contributed by atoms with van der Waals surface area (Å²) in [5.74, 6) is 1.65. The molecular weight excluding hydrogens is 346 g/mol. The van der Waals surface area contributed by atoms with E-state index in [-0.39, 0.29) is 18.1 Å². The van der Waals surface area contributed by atoms with E-state index in [0.29, 0.717) is 25.2 Å². The van der Waals surface area contributed by atoms with Gasteiger partial charge in [0.25, 0.3) is 5.91 Å². The summed E-state index contributed by atoms with van der Waals surface area (Å²) in [5, 5.41) is 7.33. The van der Waals surface area contributed by atoms with Crippen LogP contribution in [0.5, 0.6) is 5.75 Å². The predicted molar refractivity (Wildman–Crippen MR) is 100 cm³/mol. The Labute approximate surface area is 158 Å². The number of nitrogens with one attached hydrogen (secondary N) is 1. The lowest BCUT2D eigenvalue weighted by Crippen LogP contribution is -2.49. The third kappa shape index (κ3) is 3.37. The van der Waals surface area contributed by atoms with Crippen LogP contribution in [0.3, 0.4) is 0 Å². The quantitative estimate of drug-likeness (QED) is 0.886. The van der Waals surface area contributed by atoms with Crippen molar-refractivity contribution in [3.63, 3.8) is 0 Å². The van der Waals surface area contributed by atoms with Crippen molar-refractivity contribution >= 4 is 11.7 Å². The zero-order valence-corrected chi connectivity index (χ0v) is 15.9. The van der Waals surface area contributed by atoms with Crippen LogP contribution in [-0.4, -0.2) is 65.4 Å². The highest BCUT2D eigenvalue weighted by atomic mass is 16.5. The molecule has 4 heterocycles. The molecule has 4 rings (SSSR count). The van der Waals surface area contributed by atoms with Gasteiger partial charge in [0, 0.05) is 50.4 Å². The lowest BCUT2D eigenvalue weighted by molar-refractivity contribution is -0.00702. The number of nitrogens with zero attached hydrogens (tertiary/aromatic N) is 4. The SMILES string of the molecule is COc1ccnc(N2CCN(C(=O)c3n[nH]c4c3C[C@H](C)O[C@@H]4C)CC2)c1. The minimum absolute atomic E-state index is 0.00736. The summed E-state index contributed by atoms with van der Waals surface area (Å²) >= 11 is 0. The van der Waals surface area contributed by atoms with Crippen LogP contribution in [0.1, 0.15) is 41.7 Å². The second-order valence-corrected chi connectivity index (χ2v) is 7.09. The molecule has 2 atom stereocenters. The van der Waals surface area contributed by atoms with E-state index in [1.807, 2.05) is 30.9 Å². The standard InChI is InChI=1S/C19H25N5O3/c1-12-10-15-17(13(2)27-12)21-22-18(15)19(25)24-8-6-23(7-9-24)16-11-14(26-3)4-5-20-16/h4-5,11-13H,6-10H2,1-3H3,(H,21,22)/t12-,13+/m0/s1. The lowest BCUT2D eigenvalue weighted by atomic mass is 9.99. The summed E-state index contributed by atoms with van der Waals surface area (Å²) in [5.41, 5.74) is 2.47. The first-order valence-electron chi connectivity index (χ1n) is 9.33. The molecule has 27 heavy (non-hydrogen) atoms. The summed E-state index contributed by atoms with van der Waals surface area (Å²) in [7, 11) is 1.65. The zero-order chi connectivity index (χ0) is 19.0. The van der Waals surface area contributed by atoms with Crippen LogP contribution in [0.2, 0.25) is 0 Å². The van der Waals surface area contributed by atoms with Crippen molar-refractivity contribution in [2.75, 3.05) is 38.2 Å². The molecule has 0 aromatic carbocycles. The van der Waals surface area contributed by atoms with Gasteiger partial charge in [-0.2, -0.15) is 5.10 Å². The normalized spacial score (nSPS) is 22.5. The number of carbonyl (C=O) groups excluding carboxylic acids is 1. The molecule has 1 fully saturated rings. The van der Waals surface area contributed by atoms with E-state index in [4.69, 9.17) is 9.47 Å². The van der Waals surface area contributed by atoms with Gasteiger partial charge in [-0.15, -0.1) is 0 Å². The summed E-state index contributed by atoms with van der Waals surface area (Å²) in [6, 6.07) is 3.75. The number of ether oxygens (including phenoxy) is 2. The number of aromatic nitrogens is 3. The summed E-state index contributed by atoms with van der Waals surface area (Å²) in [6.45, 7) is 6.76. The van der Waals surface area contributed by atoms with Gasteiger partial charge in [-0.05, 0) is 19.9 Å². The molecule has 0 radical (unpaired) electrons. The number of pyridine rings is 1. The van der Waals surface area contributed by atoms with Crippen LogP contribution < -0.4 is 9.64 Å². The Morgan fingerprint density at radius 3 is 2.81 bits per heavy atom. The van der Waals surface area contributed by atoms with Crippen LogP contribution in [0.15, 0.2) is 18.3 Å². The number of piperazine rings is 1. The largest absolute Gasteiger partial charge is 0.497 e. The molecule has 144 valence electrons. The van der Waals surface area contributed by atoms with E-state index in [2.05, 4.69) is 20.1 Å². The number of aromatic amines is 1. The molecule has 1 N–H and O–H groups in total. The summed E-state index contributed by atoms with van der Waals surface area (Å²) < 4.78 is 11.1. The lowest BCUT2D eigenvalue weighted by Gasteiger charge is -2.35. The maximum absolute atomic E-state index is 13.0. The van der Waals surface area contributed by atoms with Gasteiger partial charge in [-0.1, -0.05) is 0 Å². The van der Waals surface area contributed by atoms with Gasteiger partial charge in [0.1, 0.15) is 11.6 Å². The number of H-pyrrole nitrogens is 1. The molecule has 0 aliphatic carbocycles. The van der Waals surface area contributed by atoms with Gasteiger partial charge in [-0.25, -0.2) is 4.98 Å². The van der Waals surface area contributed by atoms with Crippen molar-refractivity contribution in [2.45, 2.75) is 32.5 Å². The number of hydrogen-bond donors (Lipinski definition) is 1. The molecular formula is C19H25N5O3. The predicted octanol–water partition coefficient (Wildman–Crippen LogP) is 1.80. The van der Waals surface area contributed by atoms with E-state index >= 15 is 0 Å². The first-order chi connectivity index (χ1) is 13.1. The third-order valence-corrected chi connectivity index (χ3v) is 5.28. The highest BCUT2D eigenvalue weighted by Crippen LogP contribution is 2.30. The van der Waals surface area contributed by atoms with Crippen molar-refractivity contribution in [1.82, 2.24) is 20.1 Å². The Morgan fingerprint density at radius 2 is 2.07 bits per heavy atom. The van der Waals surface area contributed by atoms with E-state index in [0.717, 1.165) is 35.9 Å². The van der Waals surface area contributed by atoms with Gasteiger partial charge < -0.3 is 19.3 Å². The van der Waals surface area contributed by atoms with Crippen molar-refractivity contribution in [1.29, 1.82) is 0 Å². The molecule has 2 aliphatic heterocycles. The molecule has 0 unspecified atom stereocenters. The van der Waals surface area contributed by atoms with Crippen LogP contribution in [0.25, 0.3) is 0 Å². The number of hydrogen-bond acceptors (Lipinski definition) is 6. The topological polar surface area (TPSA) is 83.6 Å². The zero-order valence-electron chi connectivity index (χ0n) is 15.9. The van der Waals surface area contributed by atoms with Crippen LogP contribution in [-0.2, 0) is 11.2 Å². The van der Waals surface area contributed by atoms with Gasteiger partial charge >= 0.3 is 0 Å². The van der Waals surface area contributed by atoms with E-state index in [1.54, 1.807) is 13.3 Å². The van der Waals surface area contributed by atoms with Crippen LogP contribution in [0.4, 0.5) is 5.82 Å². The average Bonchev–Trinajstić information content (AvgIpc) is 3.11. The van der Waals surface area contributed by atoms with Gasteiger partial charge in [0.15, 0.2) is 5.69 Å². The molecule has 2 aliphatic rings. The fraction of sp³-hybridized carbons (Fsp3) is 0.526. The Balaban J connectivity index is 1.45. The number of amides is 1. The number of fused-ring (bicyclic) bond motifs is 1. The molecule has 2 aromatic heterocycles. The van der Waals surface area contributed by atoms with E-state index in [1.165, 1.54) is 0 Å². The molecule has 2 aromatic rings. The van der Waals surface area contributed by atoms with Crippen LogP contribution >= 0.6 is 0 Å². The van der Waals surface area contributed by atoms with E-state index in [9.17, 15) is 4.79 Å². The van der Waals surface area contributed by atoms with Gasteiger partial charge in [0.05, 0.1) is 25.0 Å². The molecule has 8 heteroatoms.